The zero-order valence-electron chi connectivity index (χ0n) is 10.8. The Kier molecular flexibility index (Phi) is 4.52. The number of nitrogen functional groups attached to an aromatic ring is 1. The average Bonchev–Trinajstić information content (AvgIpc) is 2.76. The monoisotopic (exact) mass is 312 g/mol. The molecule has 0 saturated heterocycles. The number of benzene rings is 1. The number of nitrogens with zero attached hydrogens (tertiary/aromatic N) is 1. The highest BCUT2D eigenvalue weighted by atomic mass is 35.5. The number of aromatic nitrogens is 2. The van der Waals surface area contributed by atoms with E-state index in [1.807, 2.05) is 6.92 Å². The highest BCUT2D eigenvalue weighted by Crippen LogP contribution is 2.30. The maximum Gasteiger partial charge on any atom is 0.278 e. The minimum atomic E-state index is -0.448. The average molecular weight is 313 g/mol. The van der Waals surface area contributed by atoms with Crippen LogP contribution in [0.2, 0.25) is 10.0 Å². The number of carbonyl (C=O) groups excluding carboxylic acids is 1. The van der Waals surface area contributed by atoms with Gasteiger partial charge >= 0.3 is 0 Å². The summed E-state index contributed by atoms with van der Waals surface area (Å²) in [4.78, 5) is 12.2. The van der Waals surface area contributed by atoms with Gasteiger partial charge in [0.2, 0.25) is 0 Å². The smallest absolute Gasteiger partial charge is 0.278 e. The molecule has 0 bridgehead atoms. The van der Waals surface area contributed by atoms with Gasteiger partial charge in [0.25, 0.3) is 5.91 Å². The van der Waals surface area contributed by atoms with Crippen LogP contribution in [-0.2, 0) is 6.42 Å². The molecule has 0 saturated carbocycles. The van der Waals surface area contributed by atoms with Gasteiger partial charge in [-0.1, -0.05) is 42.6 Å². The minimum Gasteiger partial charge on any atom is -0.395 e. The Morgan fingerprint density at radius 2 is 2.05 bits per heavy atom. The minimum absolute atomic E-state index is 0.143. The first kappa shape index (κ1) is 14.7. The molecule has 106 valence electrons. The highest BCUT2D eigenvalue weighted by molar-refractivity contribution is 6.40. The molecular weight excluding hydrogens is 299 g/mol. The van der Waals surface area contributed by atoms with E-state index in [4.69, 9.17) is 28.9 Å². The van der Waals surface area contributed by atoms with Crippen molar-refractivity contribution in [1.29, 1.82) is 0 Å². The molecule has 1 heterocycles. The highest BCUT2D eigenvalue weighted by Gasteiger charge is 2.18. The quantitative estimate of drug-likeness (QED) is 0.807. The number of rotatable bonds is 4. The summed E-state index contributed by atoms with van der Waals surface area (Å²) in [6.07, 6.45) is 1.64. The Bertz CT molecular complexity index is 619. The summed E-state index contributed by atoms with van der Waals surface area (Å²) >= 11 is 12.0. The fourth-order valence-electron chi connectivity index (χ4n) is 1.79. The van der Waals surface area contributed by atoms with E-state index in [0.717, 1.165) is 18.5 Å². The second kappa shape index (κ2) is 6.15. The number of aryl methyl sites for hydroxylation is 1. The molecule has 0 spiro atoms. The zero-order valence-corrected chi connectivity index (χ0v) is 12.3. The van der Waals surface area contributed by atoms with Crippen molar-refractivity contribution >= 4 is 40.5 Å². The van der Waals surface area contributed by atoms with E-state index in [-0.39, 0.29) is 5.69 Å². The fraction of sp³-hybridized carbons (Fsp3) is 0.231. The van der Waals surface area contributed by atoms with Gasteiger partial charge in [0.05, 0.1) is 27.1 Å². The third-order valence-electron chi connectivity index (χ3n) is 2.80. The Morgan fingerprint density at radius 1 is 1.40 bits per heavy atom. The van der Waals surface area contributed by atoms with Gasteiger partial charge in [-0.3, -0.25) is 9.89 Å². The molecule has 0 aliphatic carbocycles. The van der Waals surface area contributed by atoms with Gasteiger partial charge in [-0.2, -0.15) is 5.10 Å². The molecule has 4 N–H and O–H groups in total. The molecule has 0 unspecified atom stereocenters. The number of H-pyrrole nitrogens is 1. The summed E-state index contributed by atoms with van der Waals surface area (Å²) in [5.41, 5.74) is 7.50. The van der Waals surface area contributed by atoms with E-state index in [0.29, 0.717) is 21.4 Å². The van der Waals surface area contributed by atoms with E-state index in [1.165, 1.54) is 0 Å². The number of anilines is 2. The van der Waals surface area contributed by atoms with Gasteiger partial charge < -0.3 is 11.1 Å². The van der Waals surface area contributed by atoms with Crippen molar-refractivity contribution in [2.45, 2.75) is 19.8 Å². The first-order valence-electron chi connectivity index (χ1n) is 6.12. The molecule has 0 aliphatic heterocycles. The molecule has 0 fully saturated rings. The number of amides is 1. The standard InChI is InChI=1S/C13H14Cl2N4O/c1-2-4-9-10(16)12(19-18-9)13(20)17-11-7(14)5-3-6-8(11)15/h3,5-6H,2,4,16H2,1H3,(H,17,20)(H,18,19). The van der Waals surface area contributed by atoms with E-state index in [9.17, 15) is 4.79 Å². The Balaban J connectivity index is 2.25. The van der Waals surface area contributed by atoms with Crippen LogP contribution in [-0.4, -0.2) is 16.1 Å². The number of hydrogen-bond donors (Lipinski definition) is 3. The van der Waals surface area contributed by atoms with Crippen LogP contribution in [0.3, 0.4) is 0 Å². The molecule has 1 amide bonds. The number of aromatic amines is 1. The maximum atomic E-state index is 12.2. The van der Waals surface area contributed by atoms with Gasteiger partial charge in [0.1, 0.15) is 0 Å². The van der Waals surface area contributed by atoms with Crippen LogP contribution in [0.4, 0.5) is 11.4 Å². The predicted molar refractivity (Wildman–Crippen MR) is 81.4 cm³/mol. The normalized spacial score (nSPS) is 10.6. The van der Waals surface area contributed by atoms with Crippen LogP contribution in [0.5, 0.6) is 0 Å². The van der Waals surface area contributed by atoms with Gasteiger partial charge in [-0.15, -0.1) is 0 Å². The first-order valence-corrected chi connectivity index (χ1v) is 6.88. The number of halogens is 2. The molecule has 5 nitrogen and oxygen atoms in total. The maximum absolute atomic E-state index is 12.2. The zero-order chi connectivity index (χ0) is 14.7. The summed E-state index contributed by atoms with van der Waals surface area (Å²) in [6, 6.07) is 4.97. The van der Waals surface area contributed by atoms with E-state index in [2.05, 4.69) is 15.5 Å². The summed E-state index contributed by atoms with van der Waals surface area (Å²) in [7, 11) is 0. The predicted octanol–water partition coefficient (Wildman–Crippen LogP) is 3.50. The molecule has 0 aliphatic rings. The van der Waals surface area contributed by atoms with E-state index >= 15 is 0 Å². The van der Waals surface area contributed by atoms with Crippen molar-refractivity contribution in [3.8, 4) is 0 Å². The third-order valence-corrected chi connectivity index (χ3v) is 3.43. The fourth-order valence-corrected chi connectivity index (χ4v) is 2.28. The lowest BCUT2D eigenvalue weighted by Gasteiger charge is -2.08. The van der Waals surface area contributed by atoms with Gasteiger partial charge in [0, 0.05) is 0 Å². The Hall–Kier alpha value is -1.72. The number of carbonyl (C=O) groups is 1. The molecule has 2 rings (SSSR count). The number of nitrogens with one attached hydrogen (secondary N) is 2. The Morgan fingerprint density at radius 3 is 2.65 bits per heavy atom. The number of nitrogens with two attached hydrogens (primary N) is 1. The summed E-state index contributed by atoms with van der Waals surface area (Å²) < 4.78 is 0. The number of hydrogen-bond acceptors (Lipinski definition) is 3. The van der Waals surface area contributed by atoms with Crippen LogP contribution < -0.4 is 11.1 Å². The molecule has 1 aromatic carbocycles. The summed E-state index contributed by atoms with van der Waals surface area (Å²) in [5, 5.41) is 10.0. The van der Waals surface area contributed by atoms with Crippen LogP contribution >= 0.6 is 23.2 Å². The summed E-state index contributed by atoms with van der Waals surface area (Å²) in [6.45, 7) is 2.02. The number of para-hydroxylation sites is 1. The summed E-state index contributed by atoms with van der Waals surface area (Å²) in [5.74, 6) is -0.448. The van der Waals surface area contributed by atoms with Crippen LogP contribution in [0.1, 0.15) is 29.5 Å². The molecule has 1 aromatic heterocycles. The van der Waals surface area contributed by atoms with Crippen molar-refractivity contribution in [3.63, 3.8) is 0 Å². The lowest BCUT2D eigenvalue weighted by molar-refractivity contribution is 0.102. The van der Waals surface area contributed by atoms with Crippen molar-refractivity contribution in [3.05, 3.63) is 39.6 Å². The van der Waals surface area contributed by atoms with E-state index in [1.54, 1.807) is 18.2 Å². The van der Waals surface area contributed by atoms with Crippen molar-refractivity contribution < 1.29 is 4.79 Å². The third kappa shape index (κ3) is 2.89. The molecule has 2 aromatic rings. The van der Waals surface area contributed by atoms with E-state index < -0.39 is 5.91 Å². The van der Waals surface area contributed by atoms with Crippen molar-refractivity contribution in [2.24, 2.45) is 0 Å². The van der Waals surface area contributed by atoms with Crippen LogP contribution in [0.25, 0.3) is 0 Å². The Labute approximate surface area is 126 Å². The van der Waals surface area contributed by atoms with Crippen molar-refractivity contribution in [1.82, 2.24) is 10.2 Å². The van der Waals surface area contributed by atoms with Crippen LogP contribution in [0, 0.1) is 0 Å². The lowest BCUT2D eigenvalue weighted by Crippen LogP contribution is -2.15. The molecular formula is C13H14Cl2N4O. The molecule has 20 heavy (non-hydrogen) atoms. The van der Waals surface area contributed by atoms with Gasteiger partial charge in [-0.25, -0.2) is 0 Å². The largest absolute Gasteiger partial charge is 0.395 e. The van der Waals surface area contributed by atoms with Crippen LogP contribution in [0.15, 0.2) is 18.2 Å². The van der Waals surface area contributed by atoms with Gasteiger partial charge in [-0.05, 0) is 18.6 Å². The second-order valence-corrected chi connectivity index (χ2v) is 5.08. The molecule has 7 heteroatoms. The second-order valence-electron chi connectivity index (χ2n) is 4.27. The lowest BCUT2D eigenvalue weighted by atomic mass is 10.2. The molecule has 0 radical (unpaired) electrons. The van der Waals surface area contributed by atoms with Gasteiger partial charge in [0.15, 0.2) is 5.69 Å². The molecule has 0 atom stereocenters. The first-order chi connectivity index (χ1) is 9.54. The van der Waals surface area contributed by atoms with Crippen molar-refractivity contribution in [2.75, 3.05) is 11.1 Å². The SMILES string of the molecule is CCCc1[nH]nc(C(=O)Nc2c(Cl)cccc2Cl)c1N. The topological polar surface area (TPSA) is 83.8 Å².